The first-order valence-electron chi connectivity index (χ1n) is 6.80. The molecule has 1 aromatic heterocycles. The van der Waals surface area contributed by atoms with Crippen LogP contribution >= 0.6 is 0 Å². The van der Waals surface area contributed by atoms with Gasteiger partial charge in [0.05, 0.1) is 6.54 Å². The zero-order valence-corrected chi connectivity index (χ0v) is 12.7. The monoisotopic (exact) mass is 302 g/mol. The molecule has 1 saturated carbocycles. The van der Waals surface area contributed by atoms with Gasteiger partial charge < -0.3 is 14.8 Å². The van der Waals surface area contributed by atoms with Gasteiger partial charge in [-0.15, -0.1) is 0 Å². The van der Waals surface area contributed by atoms with Gasteiger partial charge in [0, 0.05) is 26.7 Å². The summed E-state index contributed by atoms with van der Waals surface area (Å²) in [5, 5.41) is 12.6. The largest absolute Gasteiger partial charge is 0.447 e. The predicted molar refractivity (Wildman–Crippen MR) is 74.6 cm³/mol. The van der Waals surface area contributed by atoms with E-state index in [2.05, 4.69) is 5.32 Å². The van der Waals surface area contributed by atoms with E-state index in [9.17, 15) is 13.5 Å². The van der Waals surface area contributed by atoms with Crippen LogP contribution in [0.2, 0.25) is 0 Å². The highest BCUT2D eigenvalue weighted by Gasteiger charge is 2.26. The minimum Gasteiger partial charge on any atom is -0.447 e. The number of sulfonamides is 1. The molecular weight excluding hydrogens is 280 g/mol. The van der Waals surface area contributed by atoms with Crippen LogP contribution in [0.25, 0.3) is 0 Å². The Hall–Kier alpha value is -0.890. The molecule has 2 N–H and O–H groups in total. The van der Waals surface area contributed by atoms with Crippen LogP contribution in [-0.4, -0.2) is 44.6 Å². The lowest BCUT2D eigenvalue weighted by Gasteiger charge is -2.18. The van der Waals surface area contributed by atoms with Crippen molar-refractivity contribution in [2.24, 2.45) is 5.92 Å². The topological polar surface area (TPSA) is 82.8 Å². The van der Waals surface area contributed by atoms with Gasteiger partial charge in [-0.3, -0.25) is 0 Å². The first kappa shape index (κ1) is 15.5. The lowest BCUT2D eigenvalue weighted by molar-refractivity contribution is 0.203. The summed E-state index contributed by atoms with van der Waals surface area (Å²) < 4.78 is 30.3. The second-order valence-corrected chi connectivity index (χ2v) is 7.45. The fourth-order valence-corrected chi connectivity index (χ4v) is 3.34. The van der Waals surface area contributed by atoms with Gasteiger partial charge in [-0.25, -0.2) is 12.7 Å². The lowest BCUT2D eigenvalue weighted by atomic mass is 10.1. The molecule has 2 rings (SSSR count). The van der Waals surface area contributed by atoms with E-state index >= 15 is 0 Å². The molecule has 1 aromatic rings. The van der Waals surface area contributed by atoms with E-state index in [-0.39, 0.29) is 23.7 Å². The summed E-state index contributed by atoms with van der Waals surface area (Å²) in [5.41, 5.74) is 0. The number of aliphatic hydroxyl groups is 1. The summed E-state index contributed by atoms with van der Waals surface area (Å²) in [6.07, 6.45) is 3.18. The van der Waals surface area contributed by atoms with Crippen LogP contribution in [0, 0.1) is 5.92 Å². The smallest absolute Gasteiger partial charge is 0.275 e. The van der Waals surface area contributed by atoms with Crippen LogP contribution in [0.1, 0.15) is 25.0 Å². The van der Waals surface area contributed by atoms with Crippen LogP contribution in [0.15, 0.2) is 21.6 Å². The molecule has 0 aromatic carbocycles. The number of hydrogen-bond donors (Lipinski definition) is 2. The molecule has 114 valence electrons. The first-order valence-corrected chi connectivity index (χ1v) is 8.24. The second-order valence-electron chi connectivity index (χ2n) is 5.37. The average molecular weight is 302 g/mol. The first-order chi connectivity index (χ1) is 9.45. The normalized spacial score (nSPS) is 23.6. The molecule has 0 bridgehead atoms. The lowest BCUT2D eigenvalue weighted by Crippen LogP contribution is -2.33. The Labute approximate surface area is 119 Å². The summed E-state index contributed by atoms with van der Waals surface area (Å²) in [6, 6.07) is 3.43. The van der Waals surface area contributed by atoms with E-state index < -0.39 is 10.0 Å². The van der Waals surface area contributed by atoms with E-state index in [0.717, 1.165) is 23.6 Å². The molecule has 1 heterocycles. The van der Waals surface area contributed by atoms with E-state index in [1.54, 1.807) is 6.07 Å². The molecule has 7 heteroatoms. The molecule has 0 saturated heterocycles. The number of rotatable bonds is 6. The van der Waals surface area contributed by atoms with Gasteiger partial charge in [-0.2, -0.15) is 0 Å². The molecule has 0 amide bonds. The SMILES string of the molecule is CN(C)S(=O)(=O)c1ccc(CNC2CCCC2CO)o1. The third-order valence-corrected chi connectivity index (χ3v) is 5.49. The van der Waals surface area contributed by atoms with Crippen molar-refractivity contribution >= 4 is 10.0 Å². The standard InChI is InChI=1S/C13H22N2O4S/c1-15(2)20(17,18)13-7-6-11(19-13)8-14-12-5-3-4-10(12)9-16/h6-7,10,12,14,16H,3-5,8-9H2,1-2H3. The van der Waals surface area contributed by atoms with Crippen molar-refractivity contribution in [2.45, 2.75) is 36.9 Å². The molecular formula is C13H22N2O4S. The van der Waals surface area contributed by atoms with Gasteiger partial charge in [0.25, 0.3) is 10.0 Å². The van der Waals surface area contributed by atoms with Crippen LogP contribution in [0.4, 0.5) is 0 Å². The maximum Gasteiger partial charge on any atom is 0.275 e. The van der Waals surface area contributed by atoms with Crippen LogP contribution in [0.5, 0.6) is 0 Å². The van der Waals surface area contributed by atoms with Crippen molar-refractivity contribution in [2.75, 3.05) is 20.7 Å². The van der Waals surface area contributed by atoms with Gasteiger partial charge in [0.1, 0.15) is 5.76 Å². The van der Waals surface area contributed by atoms with Crippen LogP contribution in [-0.2, 0) is 16.6 Å². The fourth-order valence-electron chi connectivity index (χ4n) is 2.53. The van der Waals surface area contributed by atoms with Crippen molar-refractivity contribution in [1.82, 2.24) is 9.62 Å². The Balaban J connectivity index is 1.97. The Morgan fingerprint density at radius 2 is 2.15 bits per heavy atom. The summed E-state index contributed by atoms with van der Waals surface area (Å²) >= 11 is 0. The van der Waals surface area contributed by atoms with Crippen molar-refractivity contribution in [3.63, 3.8) is 0 Å². The maximum atomic E-state index is 11.9. The Morgan fingerprint density at radius 1 is 1.40 bits per heavy atom. The quantitative estimate of drug-likeness (QED) is 0.811. The molecule has 1 fully saturated rings. The molecule has 20 heavy (non-hydrogen) atoms. The zero-order valence-electron chi connectivity index (χ0n) is 11.9. The summed E-state index contributed by atoms with van der Waals surface area (Å²) in [5.74, 6) is 0.879. The Bertz CT molecular complexity index is 538. The highest BCUT2D eigenvalue weighted by Crippen LogP contribution is 2.25. The van der Waals surface area contributed by atoms with Gasteiger partial charge in [0.15, 0.2) is 0 Å². The highest BCUT2D eigenvalue weighted by atomic mass is 32.2. The third-order valence-electron chi connectivity index (χ3n) is 3.80. The van der Waals surface area contributed by atoms with E-state index in [4.69, 9.17) is 4.42 Å². The molecule has 2 unspecified atom stereocenters. The van der Waals surface area contributed by atoms with Crippen LogP contribution < -0.4 is 5.32 Å². The van der Waals surface area contributed by atoms with E-state index in [0.29, 0.717) is 12.3 Å². The summed E-state index contributed by atoms with van der Waals surface area (Å²) in [7, 11) is -0.565. The van der Waals surface area contributed by atoms with Crippen molar-refractivity contribution in [3.05, 3.63) is 17.9 Å². The van der Waals surface area contributed by atoms with E-state index in [1.807, 2.05) is 0 Å². The van der Waals surface area contributed by atoms with Gasteiger partial charge in [-0.05, 0) is 30.9 Å². The molecule has 2 atom stereocenters. The summed E-state index contributed by atoms with van der Waals surface area (Å²) in [6.45, 7) is 0.667. The zero-order chi connectivity index (χ0) is 14.8. The Morgan fingerprint density at radius 3 is 2.80 bits per heavy atom. The van der Waals surface area contributed by atoms with Gasteiger partial charge >= 0.3 is 0 Å². The molecule has 6 nitrogen and oxygen atoms in total. The number of aliphatic hydroxyl groups excluding tert-OH is 1. The average Bonchev–Trinajstić information content (AvgIpc) is 3.05. The molecule has 1 aliphatic carbocycles. The van der Waals surface area contributed by atoms with Crippen molar-refractivity contribution in [1.29, 1.82) is 0 Å². The highest BCUT2D eigenvalue weighted by molar-refractivity contribution is 7.88. The van der Waals surface area contributed by atoms with E-state index in [1.165, 1.54) is 20.2 Å². The summed E-state index contributed by atoms with van der Waals surface area (Å²) in [4.78, 5) is 0. The molecule has 0 radical (unpaired) electrons. The molecule has 0 aliphatic heterocycles. The maximum absolute atomic E-state index is 11.9. The van der Waals surface area contributed by atoms with Gasteiger partial charge in [0.2, 0.25) is 5.09 Å². The van der Waals surface area contributed by atoms with Crippen molar-refractivity contribution < 1.29 is 17.9 Å². The fraction of sp³-hybridized carbons (Fsp3) is 0.692. The minimum atomic E-state index is -3.51. The molecule has 1 aliphatic rings. The Kier molecular flexibility index (Phi) is 4.85. The van der Waals surface area contributed by atoms with Crippen LogP contribution in [0.3, 0.4) is 0 Å². The number of hydrogen-bond acceptors (Lipinski definition) is 5. The minimum absolute atomic E-state index is 0.0376. The third kappa shape index (κ3) is 3.22. The number of nitrogens with one attached hydrogen (secondary N) is 1. The van der Waals surface area contributed by atoms with Crippen molar-refractivity contribution in [3.8, 4) is 0 Å². The second kappa shape index (κ2) is 6.26. The van der Waals surface area contributed by atoms with Gasteiger partial charge in [-0.1, -0.05) is 6.42 Å². The predicted octanol–water partition coefficient (Wildman–Crippen LogP) is 0.781. The number of nitrogens with zero attached hydrogens (tertiary/aromatic N) is 1. The number of furan rings is 1. The molecule has 0 spiro atoms.